The van der Waals surface area contributed by atoms with E-state index in [4.69, 9.17) is 45.3 Å². The second-order valence-corrected chi connectivity index (χ2v) is 6.35. The summed E-state index contributed by atoms with van der Waals surface area (Å²) >= 11 is 19.3. The van der Waals surface area contributed by atoms with Gasteiger partial charge >= 0.3 is 5.97 Å². The Bertz CT molecular complexity index is 707. The molecule has 7 heteroatoms. The number of halogens is 3. The third-order valence-electron chi connectivity index (χ3n) is 2.58. The molecular weight excluding hydrogens is 353 g/mol. The molecule has 0 spiro atoms. The monoisotopic (exact) mass is 361 g/mol. The van der Waals surface area contributed by atoms with Gasteiger partial charge in [0.1, 0.15) is 0 Å². The molecule has 0 fully saturated rings. The number of hydrogen-bond donors (Lipinski definition) is 1. The normalized spacial score (nSPS) is 10.5. The van der Waals surface area contributed by atoms with Crippen molar-refractivity contribution in [1.82, 2.24) is 0 Å². The van der Waals surface area contributed by atoms with Gasteiger partial charge in [0.25, 0.3) is 0 Å². The molecule has 0 amide bonds. The predicted molar refractivity (Wildman–Crippen MR) is 87.8 cm³/mol. The van der Waals surface area contributed by atoms with Crippen LogP contribution < -0.4 is 5.73 Å². The Balaban J connectivity index is 2.47. The van der Waals surface area contributed by atoms with Crippen LogP contribution in [0.5, 0.6) is 0 Å². The number of esters is 1. The fourth-order valence-corrected chi connectivity index (χ4v) is 3.30. The third-order valence-corrected chi connectivity index (χ3v) is 4.86. The molecule has 0 saturated carbocycles. The molecule has 0 aliphatic heterocycles. The molecule has 0 saturated heterocycles. The molecule has 0 bridgehead atoms. The van der Waals surface area contributed by atoms with E-state index in [2.05, 4.69) is 0 Å². The van der Waals surface area contributed by atoms with Crippen LogP contribution in [-0.2, 0) is 4.74 Å². The Morgan fingerprint density at radius 1 is 1.10 bits per heavy atom. The molecule has 2 aromatic carbocycles. The molecule has 0 aromatic heterocycles. The van der Waals surface area contributed by atoms with Crippen molar-refractivity contribution in [2.24, 2.45) is 0 Å². The zero-order valence-electron chi connectivity index (χ0n) is 10.8. The van der Waals surface area contributed by atoms with E-state index < -0.39 is 5.97 Å². The first-order valence-electron chi connectivity index (χ1n) is 5.72. The molecule has 0 radical (unpaired) electrons. The maximum Gasteiger partial charge on any atom is 0.339 e. The maximum absolute atomic E-state index is 11.9. The molecule has 21 heavy (non-hydrogen) atoms. The summed E-state index contributed by atoms with van der Waals surface area (Å²) in [5.74, 6) is -0.508. The summed E-state index contributed by atoms with van der Waals surface area (Å²) in [6.07, 6.45) is 0. The molecule has 0 aliphatic rings. The van der Waals surface area contributed by atoms with Crippen LogP contribution in [0.4, 0.5) is 5.69 Å². The topological polar surface area (TPSA) is 52.3 Å². The minimum Gasteiger partial charge on any atom is -0.465 e. The van der Waals surface area contributed by atoms with Crippen molar-refractivity contribution in [1.29, 1.82) is 0 Å². The van der Waals surface area contributed by atoms with Crippen LogP contribution in [0, 0.1) is 0 Å². The summed E-state index contributed by atoms with van der Waals surface area (Å²) in [6, 6.07) is 8.26. The van der Waals surface area contributed by atoms with Crippen LogP contribution >= 0.6 is 46.6 Å². The van der Waals surface area contributed by atoms with E-state index in [0.717, 1.165) is 4.90 Å². The van der Waals surface area contributed by atoms with Gasteiger partial charge in [0.2, 0.25) is 0 Å². The lowest BCUT2D eigenvalue weighted by atomic mass is 10.2. The van der Waals surface area contributed by atoms with Crippen LogP contribution in [0.25, 0.3) is 0 Å². The number of nitrogens with two attached hydrogens (primary N) is 1. The van der Waals surface area contributed by atoms with Crippen LogP contribution in [0.1, 0.15) is 10.4 Å². The lowest BCUT2D eigenvalue weighted by molar-refractivity contribution is 0.0597. The zero-order valence-corrected chi connectivity index (χ0v) is 13.9. The lowest BCUT2D eigenvalue weighted by Crippen LogP contribution is -2.04. The Hall–Kier alpha value is -1.07. The minimum absolute atomic E-state index is 0.304. The van der Waals surface area contributed by atoms with Gasteiger partial charge in [0.15, 0.2) is 0 Å². The van der Waals surface area contributed by atoms with E-state index in [1.807, 2.05) is 0 Å². The molecule has 0 unspecified atom stereocenters. The van der Waals surface area contributed by atoms with Crippen molar-refractivity contribution in [2.75, 3.05) is 12.8 Å². The number of rotatable bonds is 3. The van der Waals surface area contributed by atoms with Gasteiger partial charge in [-0.3, -0.25) is 0 Å². The van der Waals surface area contributed by atoms with Gasteiger partial charge in [-0.1, -0.05) is 46.6 Å². The van der Waals surface area contributed by atoms with Crippen molar-refractivity contribution >= 4 is 58.2 Å². The summed E-state index contributed by atoms with van der Waals surface area (Å²) in [4.78, 5) is 13.2. The Labute approximate surface area is 141 Å². The number of ether oxygens (including phenoxy) is 1. The highest BCUT2D eigenvalue weighted by Gasteiger charge is 2.17. The average molecular weight is 363 g/mol. The van der Waals surface area contributed by atoms with Gasteiger partial charge in [0, 0.05) is 15.5 Å². The maximum atomic E-state index is 11.9. The van der Waals surface area contributed by atoms with Gasteiger partial charge in [-0.15, -0.1) is 0 Å². The highest BCUT2D eigenvalue weighted by molar-refractivity contribution is 7.99. The summed E-state index contributed by atoms with van der Waals surface area (Å²) in [7, 11) is 1.30. The average Bonchev–Trinajstić information content (AvgIpc) is 2.44. The highest BCUT2D eigenvalue weighted by Crippen LogP contribution is 2.39. The van der Waals surface area contributed by atoms with Crippen LogP contribution in [0.3, 0.4) is 0 Å². The molecule has 0 heterocycles. The predicted octanol–water partition coefficient (Wildman–Crippen LogP) is 5.17. The van der Waals surface area contributed by atoms with Crippen LogP contribution in [0.15, 0.2) is 40.1 Å². The molecule has 2 aromatic rings. The number of hydrogen-bond acceptors (Lipinski definition) is 4. The molecular formula is C14H10Cl3NO2S. The van der Waals surface area contributed by atoms with E-state index in [0.29, 0.717) is 31.2 Å². The van der Waals surface area contributed by atoms with Gasteiger partial charge in [-0.25, -0.2) is 4.79 Å². The number of benzene rings is 2. The first-order valence-corrected chi connectivity index (χ1v) is 7.67. The number of methoxy groups -OCH3 is 1. The first-order chi connectivity index (χ1) is 9.92. The summed E-state index contributed by atoms with van der Waals surface area (Å²) in [5.41, 5.74) is 6.41. The zero-order chi connectivity index (χ0) is 15.6. The molecule has 2 rings (SSSR count). The fourth-order valence-electron chi connectivity index (χ4n) is 1.64. The van der Waals surface area contributed by atoms with Gasteiger partial charge in [0.05, 0.1) is 27.7 Å². The summed E-state index contributed by atoms with van der Waals surface area (Å²) in [6.45, 7) is 0. The Morgan fingerprint density at radius 2 is 1.81 bits per heavy atom. The van der Waals surface area contributed by atoms with E-state index >= 15 is 0 Å². The van der Waals surface area contributed by atoms with Gasteiger partial charge < -0.3 is 10.5 Å². The molecule has 0 aliphatic carbocycles. The first kappa shape index (κ1) is 16.3. The fraction of sp³-hybridized carbons (Fsp3) is 0.0714. The van der Waals surface area contributed by atoms with Crippen molar-refractivity contribution < 1.29 is 9.53 Å². The third kappa shape index (κ3) is 3.77. The van der Waals surface area contributed by atoms with Gasteiger partial charge in [-0.05, 0) is 30.3 Å². The molecule has 110 valence electrons. The highest BCUT2D eigenvalue weighted by atomic mass is 35.5. The number of carbonyl (C=O) groups excluding carboxylic acids is 1. The Kier molecular flexibility index (Phi) is 5.27. The molecule has 0 atom stereocenters. The van der Waals surface area contributed by atoms with Crippen molar-refractivity contribution in [3.8, 4) is 0 Å². The lowest BCUT2D eigenvalue weighted by Gasteiger charge is -2.11. The van der Waals surface area contributed by atoms with Crippen molar-refractivity contribution in [2.45, 2.75) is 9.79 Å². The van der Waals surface area contributed by atoms with E-state index in [1.165, 1.54) is 24.9 Å². The largest absolute Gasteiger partial charge is 0.465 e. The number of nitrogen functional groups attached to an aromatic ring is 1. The van der Waals surface area contributed by atoms with E-state index in [9.17, 15) is 4.79 Å². The second-order valence-electron chi connectivity index (χ2n) is 4.05. The quantitative estimate of drug-likeness (QED) is 0.605. The minimum atomic E-state index is -0.508. The number of carbonyl (C=O) groups is 1. The number of anilines is 1. The van der Waals surface area contributed by atoms with E-state index in [-0.39, 0.29) is 0 Å². The molecule has 3 nitrogen and oxygen atoms in total. The standard InChI is InChI=1S/C14H10Cl3NO2S/c1-20-14(19)9-4-7(18)5-12(17)13(9)21-8-2-3-10(15)11(16)6-8/h2-6H,18H2,1H3. The SMILES string of the molecule is COC(=O)c1cc(N)cc(Cl)c1Sc1ccc(Cl)c(Cl)c1. The van der Waals surface area contributed by atoms with Crippen LogP contribution in [0.2, 0.25) is 15.1 Å². The molecule has 2 N–H and O–H groups in total. The summed E-state index contributed by atoms with van der Waals surface area (Å²) < 4.78 is 4.75. The Morgan fingerprint density at radius 3 is 2.43 bits per heavy atom. The second kappa shape index (κ2) is 6.79. The van der Waals surface area contributed by atoms with Gasteiger partial charge in [-0.2, -0.15) is 0 Å². The smallest absolute Gasteiger partial charge is 0.339 e. The van der Waals surface area contributed by atoms with Crippen molar-refractivity contribution in [3.63, 3.8) is 0 Å². The van der Waals surface area contributed by atoms with E-state index in [1.54, 1.807) is 24.3 Å². The van der Waals surface area contributed by atoms with Crippen molar-refractivity contribution in [3.05, 3.63) is 51.0 Å². The van der Waals surface area contributed by atoms with Crippen LogP contribution in [-0.4, -0.2) is 13.1 Å². The summed E-state index contributed by atoms with van der Waals surface area (Å²) in [5, 5.41) is 1.25.